The minimum atomic E-state index is -0.563. The van der Waals surface area contributed by atoms with Crippen molar-refractivity contribution in [1.82, 2.24) is 0 Å². The van der Waals surface area contributed by atoms with E-state index < -0.39 is 12.4 Å². The average Bonchev–Trinajstić information content (AvgIpc) is 2.19. The maximum atomic E-state index is 12.6. The first-order valence-corrected chi connectivity index (χ1v) is 3.87. The zero-order chi connectivity index (χ0) is 9.68. The fourth-order valence-electron chi connectivity index (χ4n) is 0.927. The molecule has 1 aromatic carbocycles. The highest BCUT2D eigenvalue weighted by molar-refractivity contribution is 5.52. The average molecular weight is 182 g/mol. The number of hydrogen-bond donors (Lipinski definition) is 1. The van der Waals surface area contributed by atoms with Gasteiger partial charge in [-0.2, -0.15) is 0 Å². The molecule has 0 amide bonds. The van der Waals surface area contributed by atoms with Gasteiger partial charge in [0.05, 0.1) is 13.7 Å². The van der Waals surface area contributed by atoms with Gasteiger partial charge in [0.1, 0.15) is 11.6 Å². The molecule has 0 saturated heterocycles. The second-order valence-electron chi connectivity index (χ2n) is 2.52. The van der Waals surface area contributed by atoms with Crippen molar-refractivity contribution in [3.8, 4) is 5.75 Å². The lowest BCUT2D eigenvalue weighted by Crippen LogP contribution is -1.84. The molecule has 3 heteroatoms. The van der Waals surface area contributed by atoms with Crippen molar-refractivity contribution in [3.05, 3.63) is 35.7 Å². The van der Waals surface area contributed by atoms with Crippen LogP contribution in [0.25, 0.3) is 6.08 Å². The number of benzene rings is 1. The van der Waals surface area contributed by atoms with Crippen molar-refractivity contribution in [2.75, 3.05) is 13.7 Å². The van der Waals surface area contributed by atoms with Crippen LogP contribution < -0.4 is 4.74 Å². The summed E-state index contributed by atoms with van der Waals surface area (Å²) in [5, 5.41) is 8.43. The third kappa shape index (κ3) is 2.87. The summed E-state index contributed by atoms with van der Waals surface area (Å²) in [7, 11) is 1.57. The molecule has 0 heterocycles. The Morgan fingerprint density at radius 2 is 2.08 bits per heavy atom. The smallest absolute Gasteiger partial charge is 0.126 e. The van der Waals surface area contributed by atoms with Crippen LogP contribution in [-0.4, -0.2) is 18.8 Å². The van der Waals surface area contributed by atoms with Crippen LogP contribution >= 0.6 is 0 Å². The number of ether oxygens (including phenoxy) is 1. The Morgan fingerprint density at radius 3 is 2.54 bits per heavy atom. The second kappa shape index (κ2) is 4.62. The maximum Gasteiger partial charge on any atom is 0.126 e. The van der Waals surface area contributed by atoms with E-state index in [1.807, 2.05) is 0 Å². The van der Waals surface area contributed by atoms with Crippen LogP contribution in [0.4, 0.5) is 4.39 Å². The van der Waals surface area contributed by atoms with Gasteiger partial charge < -0.3 is 9.84 Å². The molecule has 0 atom stereocenters. The quantitative estimate of drug-likeness (QED) is 0.774. The Hall–Kier alpha value is -1.35. The van der Waals surface area contributed by atoms with Crippen molar-refractivity contribution in [2.24, 2.45) is 0 Å². The van der Waals surface area contributed by atoms with Crippen molar-refractivity contribution in [1.29, 1.82) is 0 Å². The summed E-state index contributed by atoms with van der Waals surface area (Å²) in [4.78, 5) is 0. The Bertz CT molecular complexity index is 290. The summed E-state index contributed by atoms with van der Waals surface area (Å²) in [6, 6.07) is 6.90. The minimum Gasteiger partial charge on any atom is -0.497 e. The zero-order valence-electron chi connectivity index (χ0n) is 7.33. The van der Waals surface area contributed by atoms with Crippen LogP contribution in [0.15, 0.2) is 30.1 Å². The summed E-state index contributed by atoms with van der Waals surface area (Å²) >= 11 is 0. The zero-order valence-corrected chi connectivity index (χ0v) is 7.33. The Labute approximate surface area is 76.3 Å². The van der Waals surface area contributed by atoms with Gasteiger partial charge in [-0.3, -0.25) is 0 Å². The van der Waals surface area contributed by atoms with Gasteiger partial charge in [-0.15, -0.1) is 0 Å². The highest BCUT2D eigenvalue weighted by Gasteiger charge is 1.94. The minimum absolute atomic E-state index is 0.551. The normalized spacial score (nSPS) is 11.5. The van der Waals surface area contributed by atoms with Crippen LogP contribution in [0.5, 0.6) is 5.75 Å². The number of aliphatic hydroxyl groups is 1. The van der Waals surface area contributed by atoms with Crippen LogP contribution in [0.1, 0.15) is 5.56 Å². The van der Waals surface area contributed by atoms with E-state index in [-0.39, 0.29) is 0 Å². The first-order valence-electron chi connectivity index (χ1n) is 3.87. The molecular weight excluding hydrogens is 171 g/mol. The molecule has 0 unspecified atom stereocenters. The van der Waals surface area contributed by atoms with E-state index in [9.17, 15) is 4.39 Å². The number of hydrogen-bond acceptors (Lipinski definition) is 2. The monoisotopic (exact) mass is 182 g/mol. The van der Waals surface area contributed by atoms with E-state index in [4.69, 9.17) is 9.84 Å². The first-order chi connectivity index (χ1) is 6.26. The molecule has 0 saturated carbocycles. The van der Waals surface area contributed by atoms with Gasteiger partial charge in [0.25, 0.3) is 0 Å². The molecule has 1 N–H and O–H groups in total. The Morgan fingerprint density at radius 1 is 1.46 bits per heavy atom. The van der Waals surface area contributed by atoms with Gasteiger partial charge >= 0.3 is 0 Å². The third-order valence-corrected chi connectivity index (χ3v) is 1.59. The van der Waals surface area contributed by atoms with E-state index >= 15 is 0 Å². The maximum absolute atomic E-state index is 12.6. The summed E-state index contributed by atoms with van der Waals surface area (Å²) < 4.78 is 17.5. The van der Waals surface area contributed by atoms with Gasteiger partial charge in [0, 0.05) is 0 Å². The number of halogens is 1. The van der Waals surface area contributed by atoms with Crippen molar-refractivity contribution < 1.29 is 14.2 Å². The van der Waals surface area contributed by atoms with Crippen LogP contribution in [0, 0.1) is 0 Å². The Balaban J connectivity index is 2.80. The highest BCUT2D eigenvalue weighted by atomic mass is 19.1. The van der Waals surface area contributed by atoms with Gasteiger partial charge in [-0.1, -0.05) is 12.1 Å². The molecule has 0 fully saturated rings. The molecule has 70 valence electrons. The predicted molar refractivity (Wildman–Crippen MR) is 49.2 cm³/mol. The van der Waals surface area contributed by atoms with E-state index in [1.165, 1.54) is 6.08 Å². The van der Waals surface area contributed by atoms with E-state index in [0.29, 0.717) is 5.56 Å². The second-order valence-corrected chi connectivity index (χ2v) is 2.52. The molecule has 0 aliphatic rings. The highest BCUT2D eigenvalue weighted by Crippen LogP contribution is 2.13. The molecule has 0 spiro atoms. The summed E-state index contributed by atoms with van der Waals surface area (Å²) in [5.74, 6) is 0.173. The topological polar surface area (TPSA) is 29.5 Å². The molecule has 0 aliphatic carbocycles. The molecule has 0 radical (unpaired) electrons. The van der Waals surface area contributed by atoms with E-state index in [1.54, 1.807) is 31.4 Å². The molecule has 13 heavy (non-hydrogen) atoms. The summed E-state index contributed by atoms with van der Waals surface area (Å²) in [5.41, 5.74) is 0.701. The first kappa shape index (κ1) is 9.74. The number of methoxy groups -OCH3 is 1. The van der Waals surface area contributed by atoms with Crippen molar-refractivity contribution in [2.45, 2.75) is 0 Å². The molecule has 0 aliphatic heterocycles. The molecule has 0 bridgehead atoms. The predicted octanol–water partition coefficient (Wildman–Crippen LogP) is 2.00. The van der Waals surface area contributed by atoms with E-state index in [2.05, 4.69) is 0 Å². The van der Waals surface area contributed by atoms with Gasteiger partial charge in [-0.25, -0.2) is 4.39 Å². The lowest BCUT2D eigenvalue weighted by atomic mass is 10.2. The van der Waals surface area contributed by atoms with Gasteiger partial charge in [0.2, 0.25) is 0 Å². The largest absolute Gasteiger partial charge is 0.497 e. The molecular formula is C10H11FO2. The van der Waals surface area contributed by atoms with Crippen LogP contribution in [-0.2, 0) is 0 Å². The van der Waals surface area contributed by atoms with Gasteiger partial charge in [-0.05, 0) is 23.8 Å². The molecule has 0 aromatic heterocycles. The van der Waals surface area contributed by atoms with Crippen LogP contribution in [0.2, 0.25) is 0 Å². The number of rotatable bonds is 3. The fourth-order valence-corrected chi connectivity index (χ4v) is 0.927. The molecule has 2 nitrogen and oxygen atoms in total. The molecule has 1 aromatic rings. The molecule has 1 rings (SSSR count). The Kier molecular flexibility index (Phi) is 3.46. The fraction of sp³-hybridized carbons (Fsp3) is 0.200. The van der Waals surface area contributed by atoms with E-state index in [0.717, 1.165) is 5.75 Å². The van der Waals surface area contributed by atoms with Crippen molar-refractivity contribution in [3.63, 3.8) is 0 Å². The standard InChI is InChI=1S/C10H11FO2/c1-13-10-4-2-8(3-5-10)6-9(11)7-12/h2-6,12H,7H2,1H3. The van der Waals surface area contributed by atoms with Gasteiger partial charge in [0.15, 0.2) is 0 Å². The summed E-state index contributed by atoms with van der Waals surface area (Å²) in [6.07, 6.45) is 1.28. The number of aliphatic hydroxyl groups excluding tert-OH is 1. The SMILES string of the molecule is COc1ccc(C=C(F)CO)cc1. The third-order valence-electron chi connectivity index (χ3n) is 1.59. The lowest BCUT2D eigenvalue weighted by molar-refractivity contribution is 0.300. The van der Waals surface area contributed by atoms with Crippen molar-refractivity contribution >= 4 is 6.08 Å². The summed E-state index contributed by atoms with van der Waals surface area (Å²) in [6.45, 7) is -0.563. The van der Waals surface area contributed by atoms with Crippen LogP contribution in [0.3, 0.4) is 0 Å². The lowest BCUT2D eigenvalue weighted by Gasteiger charge is -1.99.